The standard InChI is InChI=1S/C23H19FN4O/c1-16-7-6-8-17(13-16)28-22(26-11-4-5-12-26)19-14-27(15-21(19)25-28)23(29)18-9-2-3-10-20(18)24/h2-13H,14-15H2,1H3. The number of nitrogens with zero attached hydrogens (tertiary/aromatic N) is 4. The van der Waals surface area contributed by atoms with E-state index < -0.39 is 5.82 Å². The average Bonchev–Trinajstić information content (AvgIpc) is 3.43. The highest BCUT2D eigenvalue weighted by Gasteiger charge is 2.32. The zero-order valence-electron chi connectivity index (χ0n) is 15.9. The van der Waals surface area contributed by atoms with Crippen molar-refractivity contribution in [1.29, 1.82) is 0 Å². The Hall–Kier alpha value is -3.67. The van der Waals surface area contributed by atoms with E-state index in [4.69, 9.17) is 5.10 Å². The maximum Gasteiger partial charge on any atom is 0.257 e. The minimum atomic E-state index is -0.502. The van der Waals surface area contributed by atoms with Gasteiger partial charge in [0.25, 0.3) is 5.91 Å². The fourth-order valence-electron chi connectivity index (χ4n) is 3.83. The minimum Gasteiger partial charge on any atom is -0.328 e. The fraction of sp³-hybridized carbons (Fsp3) is 0.130. The second-order valence-electron chi connectivity index (χ2n) is 7.23. The molecule has 0 fully saturated rings. The minimum absolute atomic E-state index is 0.0896. The van der Waals surface area contributed by atoms with Crippen molar-refractivity contribution in [1.82, 2.24) is 19.2 Å². The summed E-state index contributed by atoms with van der Waals surface area (Å²) in [6, 6.07) is 18.2. The molecule has 0 atom stereocenters. The van der Waals surface area contributed by atoms with Crippen LogP contribution in [0.25, 0.3) is 11.5 Å². The zero-order valence-corrected chi connectivity index (χ0v) is 15.9. The number of rotatable bonds is 3. The molecule has 6 heteroatoms. The van der Waals surface area contributed by atoms with Crippen LogP contribution in [0.2, 0.25) is 0 Å². The molecule has 1 aliphatic rings. The van der Waals surface area contributed by atoms with Gasteiger partial charge in [0, 0.05) is 18.0 Å². The Morgan fingerprint density at radius 2 is 1.79 bits per heavy atom. The Balaban J connectivity index is 1.56. The van der Waals surface area contributed by atoms with Crippen molar-refractivity contribution in [3.8, 4) is 11.5 Å². The first-order chi connectivity index (χ1) is 14.1. The fourth-order valence-corrected chi connectivity index (χ4v) is 3.83. The van der Waals surface area contributed by atoms with Gasteiger partial charge in [0.2, 0.25) is 0 Å². The topological polar surface area (TPSA) is 43.1 Å². The van der Waals surface area contributed by atoms with Crippen LogP contribution in [-0.4, -0.2) is 25.2 Å². The van der Waals surface area contributed by atoms with E-state index in [-0.39, 0.29) is 11.5 Å². The summed E-state index contributed by atoms with van der Waals surface area (Å²) in [5, 5.41) is 4.81. The SMILES string of the molecule is Cc1cccc(-n2nc3c(c2-n2cccc2)CN(C(=O)c2ccccc2F)C3)c1. The van der Waals surface area contributed by atoms with E-state index in [1.807, 2.05) is 58.9 Å². The monoisotopic (exact) mass is 386 g/mol. The second-order valence-corrected chi connectivity index (χ2v) is 7.23. The molecule has 0 aliphatic carbocycles. The van der Waals surface area contributed by atoms with E-state index in [0.29, 0.717) is 13.1 Å². The van der Waals surface area contributed by atoms with Crippen LogP contribution in [-0.2, 0) is 13.1 Å². The van der Waals surface area contributed by atoms with E-state index in [0.717, 1.165) is 28.3 Å². The van der Waals surface area contributed by atoms with Gasteiger partial charge in [-0.05, 0) is 48.9 Å². The summed E-state index contributed by atoms with van der Waals surface area (Å²) in [7, 11) is 0. The Morgan fingerprint density at radius 3 is 2.55 bits per heavy atom. The van der Waals surface area contributed by atoms with Gasteiger partial charge in [0.15, 0.2) is 0 Å². The third-order valence-corrected chi connectivity index (χ3v) is 5.22. The number of benzene rings is 2. The maximum absolute atomic E-state index is 14.1. The van der Waals surface area contributed by atoms with Crippen LogP contribution >= 0.6 is 0 Å². The number of aryl methyl sites for hydroxylation is 1. The number of amides is 1. The highest BCUT2D eigenvalue weighted by Crippen LogP contribution is 2.31. The van der Waals surface area contributed by atoms with E-state index in [9.17, 15) is 9.18 Å². The maximum atomic E-state index is 14.1. The van der Waals surface area contributed by atoms with Crippen LogP contribution in [0.5, 0.6) is 0 Å². The van der Waals surface area contributed by atoms with Crippen molar-refractivity contribution in [2.45, 2.75) is 20.0 Å². The first-order valence-corrected chi connectivity index (χ1v) is 9.47. The molecule has 0 bridgehead atoms. The number of hydrogen-bond acceptors (Lipinski definition) is 2. The lowest BCUT2D eigenvalue weighted by atomic mass is 10.2. The van der Waals surface area contributed by atoms with Gasteiger partial charge in [0.1, 0.15) is 11.6 Å². The number of carbonyl (C=O) groups excluding carboxylic acids is 1. The summed E-state index contributed by atoms with van der Waals surface area (Å²) in [4.78, 5) is 14.5. The van der Waals surface area contributed by atoms with E-state index in [2.05, 4.69) is 6.07 Å². The molecule has 0 radical (unpaired) electrons. The Morgan fingerprint density at radius 1 is 1.00 bits per heavy atom. The number of fused-ring (bicyclic) bond motifs is 1. The predicted octanol–water partition coefficient (Wildman–Crippen LogP) is 4.27. The van der Waals surface area contributed by atoms with Gasteiger partial charge < -0.3 is 9.47 Å². The molecule has 0 spiro atoms. The van der Waals surface area contributed by atoms with E-state index in [1.54, 1.807) is 17.0 Å². The first-order valence-electron chi connectivity index (χ1n) is 9.47. The van der Waals surface area contributed by atoms with Gasteiger partial charge in [-0.2, -0.15) is 5.10 Å². The lowest BCUT2D eigenvalue weighted by molar-refractivity contribution is 0.0744. The third-order valence-electron chi connectivity index (χ3n) is 5.22. The summed E-state index contributed by atoms with van der Waals surface area (Å²) in [6.07, 6.45) is 3.93. The molecule has 5 nitrogen and oxygen atoms in total. The molecule has 3 heterocycles. The smallest absolute Gasteiger partial charge is 0.257 e. The number of halogens is 1. The molecular weight excluding hydrogens is 367 g/mol. The summed E-state index contributed by atoms with van der Waals surface area (Å²) in [5.74, 6) is 0.0820. The first kappa shape index (κ1) is 17.4. The lowest BCUT2D eigenvalue weighted by Crippen LogP contribution is -2.27. The van der Waals surface area contributed by atoms with Crippen LogP contribution in [0.15, 0.2) is 73.1 Å². The molecule has 0 saturated heterocycles. The summed E-state index contributed by atoms with van der Waals surface area (Å²) < 4.78 is 18.0. The van der Waals surface area contributed by atoms with Crippen molar-refractivity contribution < 1.29 is 9.18 Å². The van der Waals surface area contributed by atoms with Gasteiger partial charge >= 0.3 is 0 Å². The van der Waals surface area contributed by atoms with Gasteiger partial charge in [-0.15, -0.1) is 0 Å². The summed E-state index contributed by atoms with van der Waals surface area (Å²) in [6.45, 7) is 2.79. The second kappa shape index (κ2) is 6.74. The molecule has 5 rings (SSSR count). The van der Waals surface area contributed by atoms with Crippen LogP contribution in [0.3, 0.4) is 0 Å². The highest BCUT2D eigenvalue weighted by molar-refractivity contribution is 5.94. The van der Waals surface area contributed by atoms with E-state index in [1.165, 1.54) is 12.1 Å². The van der Waals surface area contributed by atoms with E-state index >= 15 is 0 Å². The molecule has 0 N–H and O–H groups in total. The molecular formula is C23H19FN4O. The van der Waals surface area contributed by atoms with Crippen molar-refractivity contribution in [3.05, 3.63) is 101 Å². The molecule has 1 aliphatic heterocycles. The largest absolute Gasteiger partial charge is 0.328 e. The van der Waals surface area contributed by atoms with Crippen LogP contribution < -0.4 is 0 Å². The Bertz CT molecular complexity index is 1210. The van der Waals surface area contributed by atoms with Gasteiger partial charge in [0.05, 0.1) is 30.0 Å². The summed E-state index contributed by atoms with van der Waals surface area (Å²) in [5.41, 5.74) is 4.02. The lowest BCUT2D eigenvalue weighted by Gasteiger charge is -2.18. The van der Waals surface area contributed by atoms with Crippen LogP contribution in [0, 0.1) is 12.7 Å². The number of hydrogen-bond donors (Lipinski definition) is 0. The van der Waals surface area contributed by atoms with Gasteiger partial charge in [-0.1, -0.05) is 24.3 Å². The normalized spacial score (nSPS) is 13.0. The quantitative estimate of drug-likeness (QED) is 0.528. The highest BCUT2D eigenvalue weighted by atomic mass is 19.1. The molecule has 2 aromatic carbocycles. The molecule has 0 saturated carbocycles. The third kappa shape index (κ3) is 2.93. The van der Waals surface area contributed by atoms with Crippen LogP contribution in [0.4, 0.5) is 4.39 Å². The van der Waals surface area contributed by atoms with Crippen molar-refractivity contribution >= 4 is 5.91 Å². The van der Waals surface area contributed by atoms with Crippen molar-refractivity contribution in [3.63, 3.8) is 0 Å². The van der Waals surface area contributed by atoms with Crippen LogP contribution in [0.1, 0.15) is 27.2 Å². The predicted molar refractivity (Wildman–Crippen MR) is 108 cm³/mol. The summed E-state index contributed by atoms with van der Waals surface area (Å²) >= 11 is 0. The molecule has 144 valence electrons. The van der Waals surface area contributed by atoms with Crippen molar-refractivity contribution in [2.24, 2.45) is 0 Å². The van der Waals surface area contributed by atoms with Gasteiger partial charge in [-0.25, -0.2) is 9.07 Å². The molecule has 29 heavy (non-hydrogen) atoms. The number of aromatic nitrogens is 3. The molecule has 1 amide bonds. The molecule has 4 aromatic rings. The Kier molecular flexibility index (Phi) is 4.05. The average molecular weight is 386 g/mol. The number of carbonyl (C=O) groups is 1. The van der Waals surface area contributed by atoms with Crippen molar-refractivity contribution in [2.75, 3.05) is 0 Å². The molecule has 0 unspecified atom stereocenters. The Labute approximate surface area is 167 Å². The zero-order chi connectivity index (χ0) is 20.0. The van der Waals surface area contributed by atoms with Gasteiger partial charge in [-0.3, -0.25) is 4.79 Å². The molecule has 2 aromatic heterocycles.